The normalized spacial score (nSPS) is 11.7. The van der Waals surface area contributed by atoms with Gasteiger partial charge in [-0.2, -0.15) is 0 Å². The van der Waals surface area contributed by atoms with Gasteiger partial charge in [0.2, 0.25) is 0 Å². The quantitative estimate of drug-likeness (QED) is 0.436. The van der Waals surface area contributed by atoms with Crippen molar-refractivity contribution in [3.63, 3.8) is 0 Å². The summed E-state index contributed by atoms with van der Waals surface area (Å²) in [5.41, 5.74) is 0.414. The molecule has 1 unspecified atom stereocenters. The number of halogens is 1. The van der Waals surface area contributed by atoms with Gasteiger partial charge in [-0.15, -0.1) is 0 Å². The molecule has 0 spiro atoms. The topological polar surface area (TPSA) is 98.5 Å². The Hall–Kier alpha value is -2.93. The van der Waals surface area contributed by atoms with Crippen LogP contribution in [0.25, 0.3) is 0 Å². The number of ether oxygens (including phenoxy) is 1. The zero-order valence-electron chi connectivity index (χ0n) is 14.8. The summed E-state index contributed by atoms with van der Waals surface area (Å²) >= 11 is 6.02. The van der Waals surface area contributed by atoms with Gasteiger partial charge >= 0.3 is 5.97 Å². The Kier molecular flexibility index (Phi) is 6.90. The van der Waals surface area contributed by atoms with E-state index in [0.29, 0.717) is 5.56 Å². The molecule has 142 valence electrons. The van der Waals surface area contributed by atoms with Gasteiger partial charge in [-0.05, 0) is 25.5 Å². The lowest BCUT2D eigenvalue weighted by Gasteiger charge is -2.19. The SMILES string of the molecule is CC(C)OC(=O)CC(NC(=O)c1cc([N+](=O)[O-])ccc1Cl)c1ccccc1. The van der Waals surface area contributed by atoms with Gasteiger partial charge in [0, 0.05) is 12.1 Å². The van der Waals surface area contributed by atoms with E-state index >= 15 is 0 Å². The molecule has 27 heavy (non-hydrogen) atoms. The molecule has 0 aromatic heterocycles. The number of hydrogen-bond donors (Lipinski definition) is 1. The molecule has 8 heteroatoms. The van der Waals surface area contributed by atoms with Crippen LogP contribution in [0.2, 0.25) is 5.02 Å². The average Bonchev–Trinajstić information content (AvgIpc) is 2.61. The molecule has 0 radical (unpaired) electrons. The van der Waals surface area contributed by atoms with Crippen molar-refractivity contribution in [2.45, 2.75) is 32.4 Å². The van der Waals surface area contributed by atoms with Crippen LogP contribution in [-0.2, 0) is 9.53 Å². The fraction of sp³-hybridized carbons (Fsp3) is 0.263. The molecule has 1 amide bonds. The highest BCUT2D eigenvalue weighted by Gasteiger charge is 2.23. The second-order valence-corrected chi connectivity index (χ2v) is 6.51. The lowest BCUT2D eigenvalue weighted by Crippen LogP contribution is -2.31. The number of nitro benzene ring substituents is 1. The standard InChI is InChI=1S/C19H19ClN2O5/c1-12(2)27-18(23)11-17(13-6-4-3-5-7-13)21-19(24)15-10-14(22(25)26)8-9-16(15)20/h3-10,12,17H,11H2,1-2H3,(H,21,24). The summed E-state index contributed by atoms with van der Waals surface area (Å²) in [6.45, 7) is 3.47. The summed E-state index contributed by atoms with van der Waals surface area (Å²) in [5.74, 6) is -1.08. The highest BCUT2D eigenvalue weighted by atomic mass is 35.5. The first-order valence-electron chi connectivity index (χ1n) is 8.27. The average molecular weight is 391 g/mol. The predicted octanol–water partition coefficient (Wildman–Crippen LogP) is 4.06. The molecule has 0 saturated carbocycles. The van der Waals surface area contributed by atoms with Crippen LogP contribution in [0.3, 0.4) is 0 Å². The number of carbonyl (C=O) groups is 2. The van der Waals surface area contributed by atoms with Crippen molar-refractivity contribution in [2.24, 2.45) is 0 Å². The lowest BCUT2D eigenvalue weighted by atomic mass is 10.0. The van der Waals surface area contributed by atoms with Crippen LogP contribution in [0.4, 0.5) is 5.69 Å². The first-order chi connectivity index (χ1) is 12.8. The summed E-state index contributed by atoms with van der Waals surface area (Å²) < 4.78 is 5.16. The molecule has 0 bridgehead atoms. The molecule has 0 aliphatic heterocycles. The van der Waals surface area contributed by atoms with Crippen LogP contribution in [0, 0.1) is 10.1 Å². The molecule has 0 aliphatic carbocycles. The number of nitro groups is 1. The maximum atomic E-state index is 12.7. The number of hydrogen-bond acceptors (Lipinski definition) is 5. The monoisotopic (exact) mass is 390 g/mol. The summed E-state index contributed by atoms with van der Waals surface area (Å²) in [4.78, 5) is 35.1. The van der Waals surface area contributed by atoms with Crippen molar-refractivity contribution in [1.82, 2.24) is 5.32 Å². The number of esters is 1. The minimum Gasteiger partial charge on any atom is -0.463 e. The van der Waals surface area contributed by atoms with E-state index in [4.69, 9.17) is 16.3 Å². The molecule has 2 aromatic carbocycles. The summed E-state index contributed by atoms with van der Waals surface area (Å²) in [6, 6.07) is 11.8. The number of benzene rings is 2. The Labute approximate surface area is 161 Å². The van der Waals surface area contributed by atoms with Crippen molar-refractivity contribution in [1.29, 1.82) is 0 Å². The van der Waals surface area contributed by atoms with E-state index < -0.39 is 22.8 Å². The number of non-ortho nitro benzene ring substituents is 1. The Morgan fingerprint density at radius 3 is 2.44 bits per heavy atom. The zero-order chi connectivity index (χ0) is 20.0. The van der Waals surface area contributed by atoms with E-state index in [1.807, 2.05) is 6.07 Å². The summed E-state index contributed by atoms with van der Waals surface area (Å²) in [6.07, 6.45) is -0.364. The van der Waals surface area contributed by atoms with Gasteiger partial charge in [-0.1, -0.05) is 41.9 Å². The van der Waals surface area contributed by atoms with Crippen molar-refractivity contribution < 1.29 is 19.2 Å². The Balaban J connectivity index is 2.27. The number of nitrogens with zero attached hydrogens (tertiary/aromatic N) is 1. The van der Waals surface area contributed by atoms with Crippen LogP contribution in [-0.4, -0.2) is 22.9 Å². The van der Waals surface area contributed by atoms with Gasteiger partial charge < -0.3 is 10.1 Å². The second-order valence-electron chi connectivity index (χ2n) is 6.10. The maximum Gasteiger partial charge on any atom is 0.308 e. The Morgan fingerprint density at radius 2 is 1.85 bits per heavy atom. The first kappa shape index (κ1) is 20.4. The van der Waals surface area contributed by atoms with E-state index in [9.17, 15) is 19.7 Å². The van der Waals surface area contributed by atoms with Gasteiger partial charge in [0.05, 0.1) is 34.1 Å². The van der Waals surface area contributed by atoms with Crippen molar-refractivity contribution in [3.8, 4) is 0 Å². The fourth-order valence-electron chi connectivity index (χ4n) is 2.45. The van der Waals surface area contributed by atoms with Gasteiger partial charge in [0.25, 0.3) is 11.6 Å². The minimum atomic E-state index is -0.666. The molecular formula is C19H19ClN2O5. The van der Waals surface area contributed by atoms with E-state index in [-0.39, 0.29) is 28.8 Å². The Morgan fingerprint density at radius 1 is 1.19 bits per heavy atom. The van der Waals surface area contributed by atoms with Crippen LogP contribution >= 0.6 is 11.6 Å². The third kappa shape index (κ3) is 5.79. The summed E-state index contributed by atoms with van der Waals surface area (Å²) in [7, 11) is 0. The van der Waals surface area contributed by atoms with Gasteiger partial charge in [-0.25, -0.2) is 0 Å². The van der Waals surface area contributed by atoms with Gasteiger partial charge in [-0.3, -0.25) is 19.7 Å². The van der Waals surface area contributed by atoms with Crippen LogP contribution in [0.15, 0.2) is 48.5 Å². The molecular weight excluding hydrogens is 372 g/mol. The molecule has 1 N–H and O–H groups in total. The zero-order valence-corrected chi connectivity index (χ0v) is 15.6. The number of nitrogens with one attached hydrogen (secondary N) is 1. The maximum absolute atomic E-state index is 12.7. The van der Waals surface area contributed by atoms with E-state index in [1.54, 1.807) is 38.1 Å². The largest absolute Gasteiger partial charge is 0.463 e. The van der Waals surface area contributed by atoms with Crippen LogP contribution in [0.1, 0.15) is 42.2 Å². The van der Waals surface area contributed by atoms with Crippen molar-refractivity contribution >= 4 is 29.2 Å². The number of rotatable bonds is 7. The van der Waals surface area contributed by atoms with Crippen molar-refractivity contribution in [2.75, 3.05) is 0 Å². The predicted molar refractivity (Wildman–Crippen MR) is 101 cm³/mol. The molecule has 7 nitrogen and oxygen atoms in total. The molecule has 0 saturated heterocycles. The number of carbonyl (C=O) groups excluding carboxylic acids is 2. The van der Waals surface area contributed by atoms with Crippen LogP contribution < -0.4 is 5.32 Å². The Bertz CT molecular complexity index is 839. The second kappa shape index (κ2) is 9.14. The lowest BCUT2D eigenvalue weighted by molar-refractivity contribution is -0.384. The van der Waals surface area contributed by atoms with E-state index in [2.05, 4.69) is 5.32 Å². The summed E-state index contributed by atoms with van der Waals surface area (Å²) in [5, 5.41) is 13.7. The third-order valence-corrected chi connectivity index (χ3v) is 3.98. The van der Waals surface area contributed by atoms with Gasteiger partial charge in [0.1, 0.15) is 0 Å². The molecule has 2 aromatic rings. The highest BCUT2D eigenvalue weighted by Crippen LogP contribution is 2.24. The third-order valence-electron chi connectivity index (χ3n) is 3.65. The first-order valence-corrected chi connectivity index (χ1v) is 8.65. The highest BCUT2D eigenvalue weighted by molar-refractivity contribution is 6.34. The molecule has 1 atom stereocenters. The molecule has 2 rings (SSSR count). The van der Waals surface area contributed by atoms with Crippen molar-refractivity contribution in [3.05, 3.63) is 74.8 Å². The minimum absolute atomic E-state index is 0.0379. The van der Waals surface area contributed by atoms with E-state index in [0.717, 1.165) is 6.07 Å². The van der Waals surface area contributed by atoms with Crippen LogP contribution in [0.5, 0.6) is 0 Å². The van der Waals surface area contributed by atoms with Gasteiger partial charge in [0.15, 0.2) is 0 Å². The van der Waals surface area contributed by atoms with E-state index in [1.165, 1.54) is 12.1 Å². The molecule has 0 fully saturated rings. The molecule has 0 heterocycles. The smallest absolute Gasteiger partial charge is 0.308 e. The number of amides is 1. The molecule has 0 aliphatic rings. The fourth-order valence-corrected chi connectivity index (χ4v) is 2.66.